The minimum absolute atomic E-state index is 0.650. The Morgan fingerprint density at radius 1 is 1.21 bits per heavy atom. The Balaban J connectivity index is 0.000000298. The number of hydrogen-bond acceptors (Lipinski definition) is 7. The highest BCUT2D eigenvalue weighted by Crippen LogP contribution is 2.18. The highest BCUT2D eigenvalue weighted by atomic mass is 19.4. The van der Waals surface area contributed by atoms with Crippen LogP contribution in [0.4, 0.5) is 13.2 Å². The Hall–Kier alpha value is -3.22. The van der Waals surface area contributed by atoms with Crippen LogP contribution in [-0.2, 0) is 31.0 Å². The Labute approximate surface area is 162 Å². The van der Waals surface area contributed by atoms with E-state index in [-0.39, 0.29) is 0 Å². The molecule has 0 saturated carbocycles. The maximum Gasteiger partial charge on any atom is 0.490 e. The van der Waals surface area contributed by atoms with Crippen molar-refractivity contribution in [2.45, 2.75) is 38.8 Å². The van der Waals surface area contributed by atoms with Crippen LogP contribution in [0, 0.1) is 0 Å². The van der Waals surface area contributed by atoms with E-state index in [2.05, 4.69) is 25.4 Å². The molecule has 0 fully saturated rings. The van der Waals surface area contributed by atoms with Crippen molar-refractivity contribution >= 4 is 5.97 Å². The molecule has 0 aliphatic carbocycles. The van der Waals surface area contributed by atoms with Crippen LogP contribution in [0.25, 0.3) is 0 Å². The molecular formula is C16H18F3N7O3. The van der Waals surface area contributed by atoms with Crippen molar-refractivity contribution < 1.29 is 27.5 Å². The highest BCUT2D eigenvalue weighted by Gasteiger charge is 2.38. The molecule has 156 valence electrons. The van der Waals surface area contributed by atoms with Gasteiger partial charge in [0.2, 0.25) is 0 Å². The Bertz CT molecular complexity index is 907. The van der Waals surface area contributed by atoms with Crippen LogP contribution in [-0.4, -0.2) is 58.5 Å². The van der Waals surface area contributed by atoms with Crippen molar-refractivity contribution in [2.75, 3.05) is 6.54 Å². The van der Waals surface area contributed by atoms with Crippen molar-refractivity contribution in [3.63, 3.8) is 0 Å². The fourth-order valence-corrected chi connectivity index (χ4v) is 2.81. The van der Waals surface area contributed by atoms with Crippen LogP contribution in [0.5, 0.6) is 0 Å². The molecule has 0 amide bonds. The van der Waals surface area contributed by atoms with E-state index >= 15 is 0 Å². The number of hydrogen-bond donors (Lipinski definition) is 1. The molecule has 0 spiro atoms. The average Bonchev–Trinajstić information content (AvgIpc) is 3.39. The molecule has 13 heteroatoms. The van der Waals surface area contributed by atoms with Crippen LogP contribution in [0.15, 0.2) is 35.5 Å². The van der Waals surface area contributed by atoms with Crippen LogP contribution in [0.2, 0.25) is 0 Å². The maximum absolute atomic E-state index is 10.6. The molecule has 0 bridgehead atoms. The summed E-state index contributed by atoms with van der Waals surface area (Å²) in [5.41, 5.74) is 2.14. The van der Waals surface area contributed by atoms with Gasteiger partial charge >= 0.3 is 12.1 Å². The van der Waals surface area contributed by atoms with E-state index in [9.17, 15) is 13.2 Å². The van der Waals surface area contributed by atoms with Gasteiger partial charge in [-0.3, -0.25) is 4.90 Å². The molecule has 1 aliphatic rings. The zero-order chi connectivity index (χ0) is 20.9. The third-order valence-electron chi connectivity index (χ3n) is 4.14. The third kappa shape index (κ3) is 5.63. The quantitative estimate of drug-likeness (QED) is 0.685. The smallest absolute Gasteiger partial charge is 0.475 e. The first kappa shape index (κ1) is 20.5. The van der Waals surface area contributed by atoms with Crippen molar-refractivity contribution in [3.05, 3.63) is 48.2 Å². The van der Waals surface area contributed by atoms with Crippen LogP contribution < -0.4 is 0 Å². The fourth-order valence-electron chi connectivity index (χ4n) is 2.81. The summed E-state index contributed by atoms with van der Waals surface area (Å²) in [7, 11) is 0. The molecule has 1 N–H and O–H groups in total. The summed E-state index contributed by atoms with van der Waals surface area (Å²) in [6.45, 7) is 4.21. The van der Waals surface area contributed by atoms with E-state index < -0.39 is 12.1 Å². The minimum Gasteiger partial charge on any atom is -0.475 e. The number of alkyl halides is 3. The largest absolute Gasteiger partial charge is 0.490 e. The number of aryl methyl sites for hydroxylation is 1. The zero-order valence-electron chi connectivity index (χ0n) is 15.2. The number of nitrogens with zero attached hydrogens (tertiary/aromatic N) is 7. The number of halogens is 3. The first-order chi connectivity index (χ1) is 13.8. The van der Waals surface area contributed by atoms with Gasteiger partial charge in [0.05, 0.1) is 25.0 Å². The standard InChI is InChI=1S/C14H17N7O.C2HF3O2/c1-3-12(22-6-1)7-19-4-2-5-21-14(9-19)13(17-18-21)8-20-10-15-16-11-20;3-2(4,5)1(6)7/h1,3,6,10-11H,2,4-5,7-9H2;(H,6,7). The third-order valence-corrected chi connectivity index (χ3v) is 4.14. The molecule has 1 aliphatic heterocycles. The van der Waals surface area contributed by atoms with E-state index in [1.54, 1.807) is 18.9 Å². The number of carbonyl (C=O) groups is 1. The molecular weight excluding hydrogens is 395 g/mol. The van der Waals surface area contributed by atoms with Crippen molar-refractivity contribution in [2.24, 2.45) is 0 Å². The van der Waals surface area contributed by atoms with Gasteiger partial charge in [-0.25, -0.2) is 9.48 Å². The summed E-state index contributed by atoms with van der Waals surface area (Å²) in [5, 5.41) is 23.4. The van der Waals surface area contributed by atoms with Crippen LogP contribution >= 0.6 is 0 Å². The van der Waals surface area contributed by atoms with Gasteiger partial charge in [-0.2, -0.15) is 13.2 Å². The maximum atomic E-state index is 10.6. The second-order valence-corrected chi connectivity index (χ2v) is 6.29. The monoisotopic (exact) mass is 413 g/mol. The van der Waals surface area contributed by atoms with Gasteiger partial charge in [-0.1, -0.05) is 5.21 Å². The summed E-state index contributed by atoms with van der Waals surface area (Å²) < 4.78 is 41.1. The lowest BCUT2D eigenvalue weighted by Gasteiger charge is -2.18. The predicted octanol–water partition coefficient (Wildman–Crippen LogP) is 1.55. The zero-order valence-corrected chi connectivity index (χ0v) is 15.2. The van der Waals surface area contributed by atoms with Crippen LogP contribution in [0.1, 0.15) is 23.6 Å². The van der Waals surface area contributed by atoms with Gasteiger partial charge in [-0.05, 0) is 18.6 Å². The van der Waals surface area contributed by atoms with E-state index in [1.165, 1.54) is 0 Å². The second-order valence-electron chi connectivity index (χ2n) is 6.29. The SMILES string of the molecule is O=C(O)C(F)(F)F.c1coc(CN2CCCn3nnc(Cn4cnnc4)c3C2)c1. The van der Waals surface area contributed by atoms with E-state index in [4.69, 9.17) is 14.3 Å². The molecule has 0 radical (unpaired) electrons. The van der Waals surface area contributed by atoms with Gasteiger partial charge in [0.1, 0.15) is 24.1 Å². The van der Waals surface area contributed by atoms with E-state index in [0.29, 0.717) is 6.54 Å². The number of furan rings is 1. The highest BCUT2D eigenvalue weighted by molar-refractivity contribution is 5.73. The molecule has 0 aromatic carbocycles. The summed E-state index contributed by atoms with van der Waals surface area (Å²) >= 11 is 0. The molecule has 4 rings (SSSR count). The molecule has 0 unspecified atom stereocenters. The topological polar surface area (TPSA) is 115 Å². The van der Waals surface area contributed by atoms with Gasteiger partial charge < -0.3 is 14.1 Å². The molecule has 3 aromatic heterocycles. The Kier molecular flexibility index (Phi) is 6.26. The molecule has 29 heavy (non-hydrogen) atoms. The van der Waals surface area contributed by atoms with Crippen molar-refractivity contribution in [3.8, 4) is 0 Å². The van der Waals surface area contributed by atoms with Gasteiger partial charge in [0.15, 0.2) is 0 Å². The average molecular weight is 413 g/mol. The minimum atomic E-state index is -5.08. The molecule has 10 nitrogen and oxygen atoms in total. The molecule has 0 atom stereocenters. The lowest BCUT2D eigenvalue weighted by atomic mass is 10.3. The lowest BCUT2D eigenvalue weighted by Crippen LogP contribution is -2.23. The lowest BCUT2D eigenvalue weighted by molar-refractivity contribution is -0.192. The first-order valence-corrected chi connectivity index (χ1v) is 8.61. The first-order valence-electron chi connectivity index (χ1n) is 8.61. The number of carboxylic acid groups (broad SMARTS) is 1. The van der Waals surface area contributed by atoms with E-state index in [0.717, 1.165) is 49.7 Å². The summed E-state index contributed by atoms with van der Waals surface area (Å²) in [6, 6.07) is 3.94. The van der Waals surface area contributed by atoms with Gasteiger partial charge in [0.25, 0.3) is 0 Å². The summed E-state index contributed by atoms with van der Waals surface area (Å²) in [4.78, 5) is 11.3. The second kappa shape index (κ2) is 8.86. The van der Waals surface area contributed by atoms with Crippen LogP contribution in [0.3, 0.4) is 0 Å². The molecule has 3 aromatic rings. The fraction of sp³-hybridized carbons (Fsp3) is 0.438. The molecule has 0 saturated heterocycles. The number of aromatic nitrogens is 6. The number of fused-ring (bicyclic) bond motifs is 1. The van der Waals surface area contributed by atoms with Gasteiger partial charge in [-0.15, -0.1) is 15.3 Å². The van der Waals surface area contributed by atoms with Gasteiger partial charge in [0, 0.05) is 19.6 Å². The number of carboxylic acids is 1. The number of aliphatic carboxylic acids is 1. The van der Waals surface area contributed by atoms with E-state index in [1.807, 2.05) is 21.4 Å². The molecule has 4 heterocycles. The van der Waals surface area contributed by atoms with Crippen molar-refractivity contribution in [1.29, 1.82) is 0 Å². The van der Waals surface area contributed by atoms with Crippen molar-refractivity contribution in [1.82, 2.24) is 34.7 Å². The summed E-state index contributed by atoms with van der Waals surface area (Å²) in [5.74, 6) is -1.77. The Morgan fingerprint density at radius 2 is 1.93 bits per heavy atom. The predicted molar refractivity (Wildman–Crippen MR) is 90.3 cm³/mol. The Morgan fingerprint density at radius 3 is 2.55 bits per heavy atom. The number of rotatable bonds is 4. The summed E-state index contributed by atoms with van der Waals surface area (Å²) in [6.07, 6.45) is 1.09. The normalized spacial score (nSPS) is 14.6.